The highest BCUT2D eigenvalue weighted by Gasteiger charge is 2.15. The number of nitrogens with one attached hydrogen (secondary N) is 1. The van der Waals surface area contributed by atoms with Crippen LogP contribution in [0.15, 0.2) is 48.5 Å². The van der Waals surface area contributed by atoms with Crippen LogP contribution < -0.4 is 14.8 Å². The smallest absolute Gasteiger partial charge is 0.242 e. The average molecular weight is 356 g/mol. The van der Waals surface area contributed by atoms with E-state index < -0.39 is 0 Å². The Morgan fingerprint density at radius 3 is 2.38 bits per heavy atom. The van der Waals surface area contributed by atoms with Gasteiger partial charge in [-0.2, -0.15) is 0 Å². The van der Waals surface area contributed by atoms with Gasteiger partial charge in [0.25, 0.3) is 0 Å². The van der Waals surface area contributed by atoms with Crippen LogP contribution in [-0.4, -0.2) is 44.5 Å². The number of carbonyl (C=O) groups excluding carboxylic acids is 2. The minimum Gasteiger partial charge on any atom is -0.493 e. The van der Waals surface area contributed by atoms with Gasteiger partial charge in [-0.25, -0.2) is 0 Å². The molecule has 2 rings (SSSR count). The molecule has 0 saturated heterocycles. The summed E-state index contributed by atoms with van der Waals surface area (Å²) in [5.74, 6) is 0.845. The normalized spacial score (nSPS) is 10.1. The molecule has 2 aromatic rings. The third-order valence-electron chi connectivity index (χ3n) is 3.96. The fourth-order valence-corrected chi connectivity index (χ4v) is 2.57. The van der Waals surface area contributed by atoms with Crippen LogP contribution in [0.1, 0.15) is 11.1 Å². The van der Waals surface area contributed by atoms with Crippen LogP contribution in [0.2, 0.25) is 0 Å². The molecule has 0 aliphatic carbocycles. The monoisotopic (exact) mass is 356 g/mol. The van der Waals surface area contributed by atoms with E-state index in [0.717, 1.165) is 11.1 Å². The number of benzene rings is 2. The number of hydrogen-bond acceptors (Lipinski definition) is 4. The van der Waals surface area contributed by atoms with Crippen molar-refractivity contribution in [3.63, 3.8) is 0 Å². The van der Waals surface area contributed by atoms with Crippen molar-refractivity contribution in [3.8, 4) is 11.5 Å². The van der Waals surface area contributed by atoms with E-state index in [2.05, 4.69) is 5.32 Å². The number of rotatable bonds is 8. The molecular weight excluding hydrogens is 332 g/mol. The number of carbonyl (C=O) groups is 2. The molecule has 0 aliphatic rings. The number of likely N-dealkylation sites (N-methyl/N-ethyl adjacent to an activating group) is 1. The molecule has 138 valence electrons. The summed E-state index contributed by atoms with van der Waals surface area (Å²) < 4.78 is 10.6. The van der Waals surface area contributed by atoms with Crippen molar-refractivity contribution in [1.29, 1.82) is 0 Å². The molecule has 0 saturated carbocycles. The Hall–Kier alpha value is -3.02. The summed E-state index contributed by atoms with van der Waals surface area (Å²) in [6.07, 6.45) is 0.252. The van der Waals surface area contributed by atoms with Crippen molar-refractivity contribution in [1.82, 2.24) is 10.2 Å². The van der Waals surface area contributed by atoms with Gasteiger partial charge in [-0.05, 0) is 11.6 Å². The van der Waals surface area contributed by atoms with Gasteiger partial charge in [0.15, 0.2) is 11.5 Å². The molecule has 0 bridgehead atoms. The second-order valence-electron chi connectivity index (χ2n) is 5.84. The number of para-hydroxylation sites is 1. The Labute approximate surface area is 153 Å². The van der Waals surface area contributed by atoms with Crippen molar-refractivity contribution in [3.05, 3.63) is 59.7 Å². The van der Waals surface area contributed by atoms with E-state index in [1.807, 2.05) is 42.5 Å². The summed E-state index contributed by atoms with van der Waals surface area (Å²) in [6, 6.07) is 14.9. The second kappa shape index (κ2) is 9.46. The first-order valence-electron chi connectivity index (χ1n) is 8.29. The van der Waals surface area contributed by atoms with Gasteiger partial charge >= 0.3 is 0 Å². The van der Waals surface area contributed by atoms with Gasteiger partial charge in [0, 0.05) is 19.2 Å². The molecule has 0 aliphatic heterocycles. The second-order valence-corrected chi connectivity index (χ2v) is 5.84. The summed E-state index contributed by atoms with van der Waals surface area (Å²) in [4.78, 5) is 25.8. The molecule has 0 radical (unpaired) electrons. The highest BCUT2D eigenvalue weighted by molar-refractivity contribution is 5.85. The van der Waals surface area contributed by atoms with Crippen LogP contribution in [0.3, 0.4) is 0 Å². The van der Waals surface area contributed by atoms with E-state index in [-0.39, 0.29) is 24.8 Å². The quantitative estimate of drug-likeness (QED) is 0.786. The Balaban J connectivity index is 1.89. The number of ether oxygens (including phenoxy) is 2. The highest BCUT2D eigenvalue weighted by Crippen LogP contribution is 2.31. The van der Waals surface area contributed by atoms with Crippen molar-refractivity contribution < 1.29 is 19.1 Å². The van der Waals surface area contributed by atoms with Gasteiger partial charge in [0.2, 0.25) is 11.8 Å². The first kappa shape index (κ1) is 19.3. The Bertz CT molecular complexity index is 747. The van der Waals surface area contributed by atoms with E-state index in [1.54, 1.807) is 32.2 Å². The van der Waals surface area contributed by atoms with E-state index in [0.29, 0.717) is 18.0 Å². The number of methoxy groups -OCH3 is 2. The van der Waals surface area contributed by atoms with Gasteiger partial charge in [0.1, 0.15) is 0 Å². The van der Waals surface area contributed by atoms with Gasteiger partial charge in [-0.1, -0.05) is 42.5 Å². The van der Waals surface area contributed by atoms with Crippen LogP contribution in [-0.2, 0) is 22.6 Å². The lowest BCUT2D eigenvalue weighted by Gasteiger charge is -2.20. The van der Waals surface area contributed by atoms with E-state index in [1.165, 1.54) is 0 Å². The molecule has 26 heavy (non-hydrogen) atoms. The fourth-order valence-electron chi connectivity index (χ4n) is 2.57. The number of nitrogens with zero attached hydrogens (tertiary/aromatic N) is 1. The van der Waals surface area contributed by atoms with Gasteiger partial charge < -0.3 is 19.7 Å². The van der Waals surface area contributed by atoms with E-state index >= 15 is 0 Å². The molecule has 6 nitrogen and oxygen atoms in total. The van der Waals surface area contributed by atoms with E-state index in [4.69, 9.17) is 9.47 Å². The zero-order valence-corrected chi connectivity index (χ0v) is 15.3. The Morgan fingerprint density at radius 2 is 1.73 bits per heavy atom. The Kier molecular flexibility index (Phi) is 7.02. The molecular formula is C20H24N2O4. The maximum Gasteiger partial charge on any atom is 0.242 e. The molecule has 2 aromatic carbocycles. The topological polar surface area (TPSA) is 67.9 Å². The third-order valence-corrected chi connectivity index (χ3v) is 3.96. The minimum atomic E-state index is -0.184. The first-order chi connectivity index (χ1) is 12.5. The molecule has 0 atom stereocenters. The lowest BCUT2D eigenvalue weighted by atomic mass is 10.1. The van der Waals surface area contributed by atoms with Crippen LogP contribution in [0.5, 0.6) is 11.5 Å². The number of amides is 2. The van der Waals surface area contributed by atoms with Gasteiger partial charge in [0.05, 0.1) is 27.2 Å². The molecule has 2 amide bonds. The SMILES string of the molecule is COc1cccc(CN(C)C(=O)CNC(=O)Cc2ccccc2)c1OC. The lowest BCUT2D eigenvalue weighted by molar-refractivity contribution is -0.132. The molecule has 0 heterocycles. The lowest BCUT2D eigenvalue weighted by Crippen LogP contribution is -2.38. The summed E-state index contributed by atoms with van der Waals surface area (Å²) in [6.45, 7) is 0.308. The molecule has 6 heteroatoms. The molecule has 0 fully saturated rings. The predicted molar refractivity (Wildman–Crippen MR) is 99.2 cm³/mol. The van der Waals surface area contributed by atoms with Crippen LogP contribution >= 0.6 is 0 Å². The predicted octanol–water partition coefficient (Wildman–Crippen LogP) is 2.02. The molecule has 0 spiro atoms. The Morgan fingerprint density at radius 1 is 1.00 bits per heavy atom. The molecule has 0 aromatic heterocycles. The van der Waals surface area contributed by atoms with Gasteiger partial charge in [-0.15, -0.1) is 0 Å². The van der Waals surface area contributed by atoms with Crippen molar-refractivity contribution in [2.75, 3.05) is 27.8 Å². The van der Waals surface area contributed by atoms with Crippen molar-refractivity contribution in [2.24, 2.45) is 0 Å². The average Bonchev–Trinajstić information content (AvgIpc) is 2.66. The van der Waals surface area contributed by atoms with Crippen LogP contribution in [0.25, 0.3) is 0 Å². The zero-order valence-electron chi connectivity index (χ0n) is 15.3. The van der Waals surface area contributed by atoms with Crippen LogP contribution in [0.4, 0.5) is 0 Å². The standard InChI is InChI=1S/C20H24N2O4/c1-22(14-16-10-7-11-17(25-2)20(16)26-3)19(24)13-21-18(23)12-15-8-5-4-6-9-15/h4-11H,12-14H2,1-3H3,(H,21,23). The third kappa shape index (κ3) is 5.24. The number of hydrogen-bond donors (Lipinski definition) is 1. The van der Waals surface area contributed by atoms with Crippen molar-refractivity contribution in [2.45, 2.75) is 13.0 Å². The van der Waals surface area contributed by atoms with Gasteiger partial charge in [-0.3, -0.25) is 9.59 Å². The fraction of sp³-hybridized carbons (Fsp3) is 0.300. The maximum absolute atomic E-state index is 12.3. The highest BCUT2D eigenvalue weighted by atomic mass is 16.5. The maximum atomic E-state index is 12.3. The largest absolute Gasteiger partial charge is 0.493 e. The summed E-state index contributed by atoms with van der Waals surface area (Å²) >= 11 is 0. The summed E-state index contributed by atoms with van der Waals surface area (Å²) in [5, 5.41) is 2.66. The molecule has 1 N–H and O–H groups in total. The van der Waals surface area contributed by atoms with Crippen LogP contribution in [0, 0.1) is 0 Å². The van der Waals surface area contributed by atoms with E-state index in [9.17, 15) is 9.59 Å². The van der Waals surface area contributed by atoms with Crippen molar-refractivity contribution >= 4 is 11.8 Å². The summed E-state index contributed by atoms with van der Waals surface area (Å²) in [7, 11) is 4.82. The zero-order chi connectivity index (χ0) is 18.9. The summed E-state index contributed by atoms with van der Waals surface area (Å²) in [5.41, 5.74) is 1.74. The first-order valence-corrected chi connectivity index (χ1v) is 8.29. The molecule has 0 unspecified atom stereocenters. The minimum absolute atomic E-state index is 0.0472.